The number of hydrogen-bond donors (Lipinski definition) is 2. The number of nitrogens with two attached hydrogens (primary N) is 1. The van der Waals surface area contributed by atoms with Crippen LogP contribution in [-0.2, 0) is 4.79 Å². The minimum atomic E-state index is -0.298. The van der Waals surface area contributed by atoms with Crippen LogP contribution < -0.4 is 11.1 Å². The topological polar surface area (TPSA) is 55.1 Å². The predicted molar refractivity (Wildman–Crippen MR) is 57.8 cm³/mol. The van der Waals surface area contributed by atoms with Crippen LogP contribution in [0, 0.1) is 5.92 Å². The van der Waals surface area contributed by atoms with E-state index in [0.29, 0.717) is 12.0 Å². The summed E-state index contributed by atoms with van der Waals surface area (Å²) in [5, 5.41) is 3.00. The van der Waals surface area contributed by atoms with Crippen LogP contribution in [0.15, 0.2) is 0 Å². The number of rotatable bonds is 6. The van der Waals surface area contributed by atoms with Crippen LogP contribution in [0.4, 0.5) is 0 Å². The molecular formula is C11H22N2O. The summed E-state index contributed by atoms with van der Waals surface area (Å²) >= 11 is 0. The quantitative estimate of drug-likeness (QED) is 0.678. The van der Waals surface area contributed by atoms with Crippen LogP contribution in [0.5, 0.6) is 0 Å². The molecule has 82 valence electrons. The maximum Gasteiger partial charge on any atom is 0.237 e. The van der Waals surface area contributed by atoms with Gasteiger partial charge in [-0.3, -0.25) is 4.79 Å². The van der Waals surface area contributed by atoms with Crippen molar-refractivity contribution in [3.8, 4) is 0 Å². The molecule has 0 aliphatic heterocycles. The highest BCUT2D eigenvalue weighted by molar-refractivity contribution is 5.82. The predicted octanol–water partition coefficient (Wildman–Crippen LogP) is 1.42. The Bertz CT molecular complexity index is 194. The van der Waals surface area contributed by atoms with Gasteiger partial charge in [-0.2, -0.15) is 0 Å². The van der Waals surface area contributed by atoms with E-state index < -0.39 is 0 Å². The van der Waals surface area contributed by atoms with Gasteiger partial charge < -0.3 is 11.1 Å². The number of carbonyl (C=O) groups excluding carboxylic acids is 1. The Morgan fingerprint density at radius 2 is 2.29 bits per heavy atom. The summed E-state index contributed by atoms with van der Waals surface area (Å²) < 4.78 is 0. The molecule has 3 atom stereocenters. The van der Waals surface area contributed by atoms with Gasteiger partial charge in [-0.25, -0.2) is 0 Å². The molecule has 0 heterocycles. The van der Waals surface area contributed by atoms with Gasteiger partial charge in [-0.15, -0.1) is 0 Å². The second-order valence-corrected chi connectivity index (χ2v) is 4.27. The van der Waals surface area contributed by atoms with Crippen LogP contribution in [-0.4, -0.2) is 18.0 Å². The SMILES string of the molecule is CCCC[C@H](N)C(=O)NC1CC1CC. The van der Waals surface area contributed by atoms with Gasteiger partial charge in [0.15, 0.2) is 0 Å². The standard InChI is InChI=1S/C11H22N2O/c1-3-5-6-9(12)11(14)13-10-7-8(10)4-2/h8-10H,3-7,12H2,1-2H3,(H,13,14)/t8?,9-,10?/m0/s1. The second-order valence-electron chi connectivity index (χ2n) is 4.27. The Balaban J connectivity index is 2.15. The van der Waals surface area contributed by atoms with Gasteiger partial charge in [-0.05, 0) is 18.8 Å². The van der Waals surface area contributed by atoms with Crippen molar-refractivity contribution in [3.05, 3.63) is 0 Å². The molecule has 1 rings (SSSR count). The van der Waals surface area contributed by atoms with Crippen molar-refractivity contribution in [1.29, 1.82) is 0 Å². The van der Waals surface area contributed by atoms with E-state index in [1.165, 1.54) is 0 Å². The third kappa shape index (κ3) is 3.29. The van der Waals surface area contributed by atoms with Crippen molar-refractivity contribution in [2.45, 2.75) is 58.0 Å². The Morgan fingerprint density at radius 1 is 1.57 bits per heavy atom. The van der Waals surface area contributed by atoms with Crippen LogP contribution >= 0.6 is 0 Å². The monoisotopic (exact) mass is 198 g/mol. The van der Waals surface area contributed by atoms with Crippen molar-refractivity contribution in [2.24, 2.45) is 11.7 Å². The molecule has 0 radical (unpaired) electrons. The summed E-state index contributed by atoms with van der Waals surface area (Å²) in [6, 6.07) is 0.119. The number of hydrogen-bond acceptors (Lipinski definition) is 2. The minimum Gasteiger partial charge on any atom is -0.352 e. The van der Waals surface area contributed by atoms with Gasteiger partial charge >= 0.3 is 0 Å². The largest absolute Gasteiger partial charge is 0.352 e. The van der Waals surface area contributed by atoms with Crippen LogP contribution in [0.2, 0.25) is 0 Å². The lowest BCUT2D eigenvalue weighted by Crippen LogP contribution is -2.41. The zero-order valence-electron chi connectivity index (χ0n) is 9.25. The molecule has 0 bridgehead atoms. The van der Waals surface area contributed by atoms with Gasteiger partial charge in [-0.1, -0.05) is 33.1 Å². The first-order valence-electron chi connectivity index (χ1n) is 5.75. The Morgan fingerprint density at radius 3 is 2.79 bits per heavy atom. The maximum absolute atomic E-state index is 11.5. The molecule has 0 spiro atoms. The van der Waals surface area contributed by atoms with E-state index in [0.717, 1.165) is 32.1 Å². The first kappa shape index (κ1) is 11.5. The van der Waals surface area contributed by atoms with E-state index in [1.54, 1.807) is 0 Å². The summed E-state index contributed by atoms with van der Waals surface area (Å²) in [6.07, 6.45) is 5.25. The molecule has 0 saturated heterocycles. The molecule has 3 heteroatoms. The molecule has 3 nitrogen and oxygen atoms in total. The van der Waals surface area contributed by atoms with Crippen LogP contribution in [0.3, 0.4) is 0 Å². The fourth-order valence-electron chi connectivity index (χ4n) is 1.72. The normalized spacial score (nSPS) is 27.1. The maximum atomic E-state index is 11.5. The average Bonchev–Trinajstić information content (AvgIpc) is 2.92. The van der Waals surface area contributed by atoms with E-state index in [2.05, 4.69) is 19.2 Å². The van der Waals surface area contributed by atoms with Gasteiger partial charge in [0, 0.05) is 6.04 Å². The van der Waals surface area contributed by atoms with Crippen molar-refractivity contribution in [1.82, 2.24) is 5.32 Å². The van der Waals surface area contributed by atoms with E-state index in [-0.39, 0.29) is 11.9 Å². The summed E-state index contributed by atoms with van der Waals surface area (Å²) in [5.41, 5.74) is 5.75. The van der Waals surface area contributed by atoms with Gasteiger partial charge in [0.25, 0.3) is 0 Å². The number of nitrogens with one attached hydrogen (secondary N) is 1. The molecule has 1 fully saturated rings. The van der Waals surface area contributed by atoms with Crippen molar-refractivity contribution >= 4 is 5.91 Å². The van der Waals surface area contributed by atoms with E-state index in [9.17, 15) is 4.79 Å². The Kier molecular flexibility index (Phi) is 4.39. The molecule has 0 aromatic rings. The molecular weight excluding hydrogens is 176 g/mol. The molecule has 0 aromatic carbocycles. The minimum absolute atomic E-state index is 0.0411. The van der Waals surface area contributed by atoms with Gasteiger partial charge in [0.2, 0.25) is 5.91 Å². The van der Waals surface area contributed by atoms with Gasteiger partial charge in [0.05, 0.1) is 6.04 Å². The van der Waals surface area contributed by atoms with Crippen molar-refractivity contribution in [3.63, 3.8) is 0 Å². The fourth-order valence-corrected chi connectivity index (χ4v) is 1.72. The molecule has 3 N–H and O–H groups in total. The Labute approximate surface area is 86.4 Å². The molecule has 14 heavy (non-hydrogen) atoms. The third-order valence-corrected chi connectivity index (χ3v) is 2.98. The van der Waals surface area contributed by atoms with E-state index in [1.807, 2.05) is 0 Å². The Hall–Kier alpha value is -0.570. The van der Waals surface area contributed by atoms with Crippen LogP contribution in [0.25, 0.3) is 0 Å². The van der Waals surface area contributed by atoms with Crippen molar-refractivity contribution in [2.75, 3.05) is 0 Å². The highest BCUT2D eigenvalue weighted by Gasteiger charge is 2.37. The van der Waals surface area contributed by atoms with Crippen LogP contribution in [0.1, 0.15) is 46.0 Å². The summed E-state index contributed by atoms with van der Waals surface area (Å²) in [6.45, 7) is 4.27. The first-order chi connectivity index (χ1) is 6.69. The highest BCUT2D eigenvalue weighted by atomic mass is 16.2. The summed E-state index contributed by atoms with van der Waals surface area (Å²) in [5.74, 6) is 0.747. The lowest BCUT2D eigenvalue weighted by Gasteiger charge is -2.11. The lowest BCUT2D eigenvalue weighted by atomic mass is 10.1. The smallest absolute Gasteiger partial charge is 0.237 e. The number of unbranched alkanes of at least 4 members (excludes halogenated alkanes) is 1. The lowest BCUT2D eigenvalue weighted by molar-refractivity contribution is -0.122. The molecule has 1 aliphatic rings. The molecule has 2 unspecified atom stereocenters. The average molecular weight is 198 g/mol. The summed E-state index contributed by atoms with van der Waals surface area (Å²) in [7, 11) is 0. The zero-order chi connectivity index (χ0) is 10.6. The van der Waals surface area contributed by atoms with E-state index >= 15 is 0 Å². The second kappa shape index (κ2) is 5.35. The summed E-state index contributed by atoms with van der Waals surface area (Å²) in [4.78, 5) is 11.5. The molecule has 1 amide bonds. The van der Waals surface area contributed by atoms with Crippen molar-refractivity contribution < 1.29 is 4.79 Å². The highest BCUT2D eigenvalue weighted by Crippen LogP contribution is 2.33. The first-order valence-corrected chi connectivity index (χ1v) is 5.75. The number of amides is 1. The molecule has 1 saturated carbocycles. The molecule has 0 aromatic heterocycles. The molecule has 1 aliphatic carbocycles. The third-order valence-electron chi connectivity index (χ3n) is 2.98. The van der Waals surface area contributed by atoms with Gasteiger partial charge in [0.1, 0.15) is 0 Å². The van der Waals surface area contributed by atoms with E-state index in [4.69, 9.17) is 5.73 Å². The fraction of sp³-hybridized carbons (Fsp3) is 0.909. The zero-order valence-corrected chi connectivity index (χ0v) is 9.25. The number of carbonyl (C=O) groups is 1.